The van der Waals surface area contributed by atoms with E-state index in [1.165, 1.54) is 32.1 Å². The van der Waals surface area contributed by atoms with E-state index in [2.05, 4.69) is 0 Å². The summed E-state index contributed by atoms with van der Waals surface area (Å²) >= 11 is 0. The Morgan fingerprint density at radius 2 is 1.79 bits per heavy atom. The molecule has 10 nitrogen and oxygen atoms in total. The summed E-state index contributed by atoms with van der Waals surface area (Å²) < 4.78 is 25.4. The highest BCUT2D eigenvalue weighted by Gasteiger charge is 2.33. The molecule has 1 amide bonds. The summed E-state index contributed by atoms with van der Waals surface area (Å²) in [6.45, 7) is 5.82. The number of ketones is 1. The number of halogens is 2. The van der Waals surface area contributed by atoms with Crippen molar-refractivity contribution >= 4 is 40.5 Å². The monoisotopic (exact) mass is 609 g/mol. The third-order valence-corrected chi connectivity index (χ3v) is 6.39. The van der Waals surface area contributed by atoms with Crippen molar-refractivity contribution in [1.29, 1.82) is 5.41 Å². The van der Waals surface area contributed by atoms with Crippen LogP contribution >= 0.6 is 17.0 Å². The molecule has 0 spiro atoms. The Labute approximate surface area is 236 Å². The standard InChI is InChI=1S/C27H32FN3O7.BrH/c1-14(32)30(13-21(34)35)11-17-7-15(8-18(24(17)36)27(2,3)4)19(33)12-31-10-16-9-20(37-5)25(38-6)23(28)22(16)26(31)29;/h7-9,29,36H,10-13H2,1-6H3,(H,34,35);1H. The predicted octanol–water partition coefficient (Wildman–Crippen LogP) is 3.88. The van der Waals surface area contributed by atoms with Crippen LogP contribution in [0.1, 0.15) is 60.3 Å². The maximum Gasteiger partial charge on any atom is 0.323 e. The van der Waals surface area contributed by atoms with Crippen LogP contribution in [-0.2, 0) is 28.1 Å². The average molecular weight is 610 g/mol. The number of nitrogens with one attached hydrogen (secondary N) is 1. The van der Waals surface area contributed by atoms with Gasteiger partial charge in [-0.15, -0.1) is 17.0 Å². The molecule has 1 aliphatic rings. The Bertz CT molecular complexity index is 1320. The van der Waals surface area contributed by atoms with Crippen molar-refractivity contribution in [2.24, 2.45) is 0 Å². The maximum absolute atomic E-state index is 15.1. The Balaban J connectivity index is 0.00000533. The van der Waals surface area contributed by atoms with Crippen LogP contribution in [0.2, 0.25) is 0 Å². The highest BCUT2D eigenvalue weighted by Crippen LogP contribution is 2.39. The molecule has 0 radical (unpaired) electrons. The molecular weight excluding hydrogens is 577 g/mol. The number of hydrogen-bond donors (Lipinski definition) is 3. The first-order chi connectivity index (χ1) is 17.7. The molecule has 0 saturated carbocycles. The minimum absolute atomic E-state index is 0. The molecule has 2 aromatic rings. The number of carboxylic acids is 1. The topological polar surface area (TPSA) is 140 Å². The molecule has 1 aliphatic heterocycles. The van der Waals surface area contributed by atoms with Crippen LogP contribution in [0.25, 0.3) is 0 Å². The van der Waals surface area contributed by atoms with Crippen LogP contribution in [0.3, 0.4) is 0 Å². The molecule has 0 atom stereocenters. The lowest BCUT2D eigenvalue weighted by atomic mass is 9.83. The van der Waals surface area contributed by atoms with Crippen molar-refractivity contribution in [1.82, 2.24) is 9.80 Å². The van der Waals surface area contributed by atoms with Crippen molar-refractivity contribution in [3.05, 3.63) is 51.8 Å². The zero-order valence-corrected chi connectivity index (χ0v) is 24.4. The fourth-order valence-corrected chi connectivity index (χ4v) is 4.42. The molecule has 0 unspecified atom stereocenters. The average Bonchev–Trinajstić information content (AvgIpc) is 3.13. The van der Waals surface area contributed by atoms with Crippen LogP contribution in [0.15, 0.2) is 18.2 Å². The lowest BCUT2D eigenvalue weighted by Crippen LogP contribution is -2.34. The Hall–Kier alpha value is -3.67. The number of benzene rings is 2. The number of methoxy groups -OCH3 is 2. The number of fused-ring (bicyclic) bond motifs is 1. The summed E-state index contributed by atoms with van der Waals surface area (Å²) in [5.41, 5.74) is 0.792. The number of Topliss-reactive ketones (excluding diaryl/α,β-unsaturated/α-hetero) is 1. The number of phenols is 1. The SMILES string of the molecule is Br.COc1cc2c(c(F)c1OC)C(=N)N(CC(=O)c1cc(CN(CC(=O)O)C(C)=O)c(O)c(C(C)(C)C)c1)C2. The van der Waals surface area contributed by atoms with E-state index in [0.717, 1.165) is 4.90 Å². The molecule has 12 heteroatoms. The number of carboxylic acid groups (broad SMARTS) is 1. The minimum Gasteiger partial charge on any atom is -0.507 e. The molecule has 0 bridgehead atoms. The molecule has 3 rings (SSSR count). The second kappa shape index (κ2) is 12.0. The minimum atomic E-state index is -1.21. The van der Waals surface area contributed by atoms with E-state index < -0.39 is 35.4 Å². The number of hydrogen-bond acceptors (Lipinski definition) is 7. The van der Waals surface area contributed by atoms with Gasteiger partial charge in [0, 0.05) is 36.7 Å². The zero-order chi connectivity index (χ0) is 28.5. The van der Waals surface area contributed by atoms with Gasteiger partial charge in [0.2, 0.25) is 5.91 Å². The second-order valence-electron chi connectivity index (χ2n) is 10.1. The second-order valence-corrected chi connectivity index (χ2v) is 10.1. The molecule has 3 N–H and O–H groups in total. The van der Waals surface area contributed by atoms with Crippen LogP contribution in [0.4, 0.5) is 4.39 Å². The Kier molecular flexibility index (Phi) is 9.72. The van der Waals surface area contributed by atoms with E-state index in [4.69, 9.17) is 14.9 Å². The lowest BCUT2D eigenvalue weighted by Gasteiger charge is -2.26. The quantitative estimate of drug-likeness (QED) is 0.364. The molecular formula is C27H33BrFN3O7. The van der Waals surface area contributed by atoms with Gasteiger partial charge in [-0.1, -0.05) is 20.8 Å². The summed E-state index contributed by atoms with van der Waals surface area (Å²) in [4.78, 5) is 39.2. The van der Waals surface area contributed by atoms with E-state index in [0.29, 0.717) is 11.1 Å². The first-order valence-corrected chi connectivity index (χ1v) is 11.8. The first-order valence-electron chi connectivity index (χ1n) is 11.8. The molecule has 0 aromatic heterocycles. The summed E-state index contributed by atoms with van der Waals surface area (Å²) in [6.07, 6.45) is 0. The molecule has 1 heterocycles. The van der Waals surface area contributed by atoms with Crippen LogP contribution in [-0.4, -0.2) is 70.8 Å². The van der Waals surface area contributed by atoms with Crippen LogP contribution in [0, 0.1) is 11.2 Å². The summed E-state index contributed by atoms with van der Waals surface area (Å²) in [7, 11) is 2.68. The van der Waals surface area contributed by atoms with Gasteiger partial charge in [0.1, 0.15) is 18.1 Å². The van der Waals surface area contributed by atoms with Gasteiger partial charge in [-0.3, -0.25) is 19.8 Å². The summed E-state index contributed by atoms with van der Waals surface area (Å²) in [5.74, 6) is -3.11. The molecule has 0 saturated heterocycles. The van der Waals surface area contributed by atoms with Crippen molar-refractivity contribution < 1.29 is 38.5 Å². The third-order valence-electron chi connectivity index (χ3n) is 6.39. The highest BCUT2D eigenvalue weighted by molar-refractivity contribution is 8.93. The fraction of sp³-hybridized carbons (Fsp3) is 0.407. The number of carbonyl (C=O) groups excluding carboxylic acids is 2. The number of nitrogens with zero attached hydrogens (tertiary/aromatic N) is 2. The van der Waals surface area contributed by atoms with Gasteiger partial charge < -0.3 is 29.5 Å². The number of ether oxygens (including phenoxy) is 2. The fourth-order valence-electron chi connectivity index (χ4n) is 4.42. The van der Waals surface area contributed by atoms with Gasteiger partial charge in [0.15, 0.2) is 23.1 Å². The van der Waals surface area contributed by atoms with Crippen molar-refractivity contribution in [3.8, 4) is 17.2 Å². The number of rotatable bonds is 9. The van der Waals surface area contributed by atoms with E-state index in [9.17, 15) is 24.6 Å². The van der Waals surface area contributed by atoms with Gasteiger partial charge in [-0.2, -0.15) is 0 Å². The van der Waals surface area contributed by atoms with Crippen LogP contribution in [0.5, 0.6) is 17.2 Å². The van der Waals surface area contributed by atoms with Gasteiger partial charge >= 0.3 is 5.97 Å². The third kappa shape index (κ3) is 6.49. The number of carbonyl (C=O) groups is 3. The first kappa shape index (κ1) is 31.5. The smallest absolute Gasteiger partial charge is 0.323 e. The van der Waals surface area contributed by atoms with E-state index in [-0.39, 0.29) is 76.4 Å². The zero-order valence-electron chi connectivity index (χ0n) is 22.7. The summed E-state index contributed by atoms with van der Waals surface area (Å²) in [5, 5.41) is 28.6. The lowest BCUT2D eigenvalue weighted by molar-refractivity contribution is -0.144. The van der Waals surface area contributed by atoms with E-state index in [1.807, 2.05) is 20.8 Å². The normalized spacial score (nSPS) is 12.5. The number of phenolic OH excluding ortho intramolecular Hbond substituents is 1. The molecule has 212 valence electrons. The summed E-state index contributed by atoms with van der Waals surface area (Å²) in [6, 6.07) is 4.55. The molecule has 0 fully saturated rings. The highest BCUT2D eigenvalue weighted by atomic mass is 79.9. The number of aromatic hydroxyl groups is 1. The Morgan fingerprint density at radius 3 is 2.31 bits per heavy atom. The van der Waals surface area contributed by atoms with Crippen LogP contribution < -0.4 is 9.47 Å². The van der Waals surface area contributed by atoms with Crippen molar-refractivity contribution in [3.63, 3.8) is 0 Å². The van der Waals surface area contributed by atoms with Crippen molar-refractivity contribution in [2.45, 2.75) is 46.2 Å². The van der Waals surface area contributed by atoms with E-state index >= 15 is 4.39 Å². The van der Waals surface area contributed by atoms with Crippen molar-refractivity contribution in [2.75, 3.05) is 27.3 Å². The number of amidine groups is 1. The number of amides is 1. The van der Waals surface area contributed by atoms with Gasteiger partial charge in [0.25, 0.3) is 0 Å². The van der Waals surface area contributed by atoms with Gasteiger partial charge in [0.05, 0.1) is 26.3 Å². The number of aliphatic carboxylic acids is 1. The Morgan fingerprint density at radius 1 is 1.15 bits per heavy atom. The predicted molar refractivity (Wildman–Crippen MR) is 147 cm³/mol. The van der Waals surface area contributed by atoms with Gasteiger partial charge in [-0.25, -0.2) is 4.39 Å². The molecule has 2 aromatic carbocycles. The van der Waals surface area contributed by atoms with E-state index in [1.54, 1.807) is 12.1 Å². The molecule has 0 aliphatic carbocycles. The molecule has 39 heavy (non-hydrogen) atoms. The maximum atomic E-state index is 15.1. The largest absolute Gasteiger partial charge is 0.507 e. The van der Waals surface area contributed by atoms with Gasteiger partial charge in [-0.05, 0) is 29.2 Å².